The molecule has 4 nitrogen and oxygen atoms in total. The molecule has 0 saturated heterocycles. The van der Waals surface area contributed by atoms with Crippen molar-refractivity contribution in [3.63, 3.8) is 0 Å². The van der Waals surface area contributed by atoms with Gasteiger partial charge in [0.1, 0.15) is 5.60 Å². The lowest BCUT2D eigenvalue weighted by Gasteiger charge is -2.22. The van der Waals surface area contributed by atoms with E-state index in [1.54, 1.807) is 6.08 Å². The van der Waals surface area contributed by atoms with Crippen LogP contribution in [-0.4, -0.2) is 11.7 Å². The third-order valence-electron chi connectivity index (χ3n) is 4.05. The van der Waals surface area contributed by atoms with Gasteiger partial charge in [0.25, 0.3) is 0 Å². The Kier molecular flexibility index (Phi) is 14.6. The molecule has 0 aliphatic rings. The van der Waals surface area contributed by atoms with E-state index in [0.29, 0.717) is 0 Å². The molecule has 0 fully saturated rings. The van der Waals surface area contributed by atoms with Crippen LogP contribution >= 0.6 is 24.8 Å². The third kappa shape index (κ3) is 12.2. The fourth-order valence-corrected chi connectivity index (χ4v) is 2.49. The van der Waals surface area contributed by atoms with Crippen LogP contribution in [0.2, 0.25) is 0 Å². The number of nitrogens with one attached hydrogen (secondary N) is 1. The van der Waals surface area contributed by atoms with Gasteiger partial charge in [-0.05, 0) is 62.9 Å². The fourth-order valence-electron chi connectivity index (χ4n) is 2.49. The number of ether oxygens (including phenoxy) is 1. The van der Waals surface area contributed by atoms with Crippen LogP contribution in [0.15, 0.2) is 61.7 Å². The predicted octanol–water partition coefficient (Wildman–Crippen LogP) is 7.11. The van der Waals surface area contributed by atoms with Crippen LogP contribution in [0.3, 0.4) is 0 Å². The Balaban J connectivity index is 0. The first-order valence-corrected chi connectivity index (χ1v) is 9.75. The van der Waals surface area contributed by atoms with Crippen LogP contribution in [0.25, 0.3) is 12.2 Å². The molecule has 0 radical (unpaired) electrons. The van der Waals surface area contributed by atoms with Gasteiger partial charge >= 0.3 is 6.09 Å². The molecule has 0 unspecified atom stereocenters. The van der Waals surface area contributed by atoms with E-state index in [9.17, 15) is 4.79 Å². The van der Waals surface area contributed by atoms with Gasteiger partial charge in [0.2, 0.25) is 0 Å². The van der Waals surface area contributed by atoms with E-state index < -0.39 is 11.7 Å². The molecule has 0 aliphatic carbocycles. The summed E-state index contributed by atoms with van der Waals surface area (Å²) in [6.07, 6.45) is 3.20. The molecule has 2 atom stereocenters. The summed E-state index contributed by atoms with van der Waals surface area (Å²) in [5, 5.41) is 2.81. The van der Waals surface area contributed by atoms with Crippen molar-refractivity contribution >= 4 is 43.1 Å². The highest BCUT2D eigenvalue weighted by Crippen LogP contribution is 2.16. The number of rotatable bonds is 5. The largest absolute Gasteiger partial charge is 0.444 e. The first-order chi connectivity index (χ1) is 13.6. The zero-order valence-electron chi connectivity index (χ0n) is 19.1. The van der Waals surface area contributed by atoms with Gasteiger partial charge in [-0.2, -0.15) is 0 Å². The molecular weight excluding hydrogens is 431 g/mol. The quantitative estimate of drug-likeness (QED) is 0.493. The fraction of sp³-hybridized carbons (Fsp3) is 0.320. The van der Waals surface area contributed by atoms with Gasteiger partial charge in [0.05, 0.1) is 6.04 Å². The third-order valence-corrected chi connectivity index (χ3v) is 4.05. The number of hydrogen-bond donors (Lipinski definition) is 2. The molecule has 0 heterocycles. The van der Waals surface area contributed by atoms with Crippen molar-refractivity contribution in [1.29, 1.82) is 0 Å². The molecule has 2 rings (SSSR count). The summed E-state index contributed by atoms with van der Waals surface area (Å²) < 4.78 is 5.22. The average Bonchev–Trinajstić information content (AvgIpc) is 2.67. The topological polar surface area (TPSA) is 64.3 Å². The number of benzene rings is 2. The zero-order chi connectivity index (χ0) is 22.0. The van der Waals surface area contributed by atoms with E-state index in [1.807, 2.05) is 83.2 Å². The highest BCUT2D eigenvalue weighted by molar-refractivity contribution is 5.85. The summed E-state index contributed by atoms with van der Waals surface area (Å²) in [6.45, 7) is 16.8. The molecule has 0 bridgehead atoms. The van der Waals surface area contributed by atoms with E-state index in [0.717, 1.165) is 22.3 Å². The van der Waals surface area contributed by atoms with E-state index in [2.05, 4.69) is 24.5 Å². The summed E-state index contributed by atoms with van der Waals surface area (Å²) in [5.74, 6) is 0. The number of alkyl carbamates (subject to hydrolysis) is 1. The van der Waals surface area contributed by atoms with Gasteiger partial charge in [-0.25, -0.2) is 4.79 Å². The van der Waals surface area contributed by atoms with Crippen molar-refractivity contribution in [3.05, 3.63) is 83.9 Å². The highest BCUT2D eigenvalue weighted by Gasteiger charge is 2.18. The Labute approximate surface area is 199 Å². The molecule has 2 aromatic carbocycles. The minimum Gasteiger partial charge on any atom is -0.444 e. The Hall–Kier alpha value is -2.27. The Morgan fingerprint density at radius 2 is 1.42 bits per heavy atom. The second-order valence-corrected chi connectivity index (χ2v) is 7.91. The minimum atomic E-state index is -0.479. The van der Waals surface area contributed by atoms with Crippen LogP contribution in [0, 0.1) is 0 Å². The van der Waals surface area contributed by atoms with Crippen molar-refractivity contribution < 1.29 is 9.53 Å². The van der Waals surface area contributed by atoms with Crippen LogP contribution in [-0.2, 0) is 4.74 Å². The second kappa shape index (κ2) is 14.7. The monoisotopic (exact) mass is 466 g/mol. The number of hydrogen-bond acceptors (Lipinski definition) is 3. The Morgan fingerprint density at radius 3 is 1.84 bits per heavy atom. The number of nitrogens with two attached hydrogens (primary N) is 1. The Bertz CT molecular complexity index is 830. The number of carbonyl (C=O) groups excluding carboxylic acids is 1. The average molecular weight is 467 g/mol. The SMILES string of the molecule is C=Cc1cccc([C@@H](C)N)c1.C=Cc1cccc([C@@H](C)NC(=O)OC(C)(C)C)c1.Cl.Cl. The molecule has 0 aliphatic heterocycles. The van der Waals surface area contributed by atoms with E-state index in [-0.39, 0.29) is 36.9 Å². The predicted molar refractivity (Wildman–Crippen MR) is 138 cm³/mol. The van der Waals surface area contributed by atoms with Crippen LogP contribution in [0.1, 0.15) is 69.0 Å². The van der Waals surface area contributed by atoms with Gasteiger partial charge in [0.15, 0.2) is 0 Å². The Morgan fingerprint density at radius 1 is 0.968 bits per heavy atom. The minimum absolute atomic E-state index is 0. The van der Waals surface area contributed by atoms with Crippen molar-refractivity contribution in [1.82, 2.24) is 5.32 Å². The second-order valence-electron chi connectivity index (χ2n) is 7.91. The number of amides is 1. The molecule has 0 saturated carbocycles. The standard InChI is InChI=1S/C15H21NO2.C10H13N.2ClH/c1-6-12-8-7-9-13(10-12)11(2)16-14(17)18-15(3,4)5;1-3-9-5-4-6-10(7-9)8(2)11;;/h6-11H,1H2,2-5H3,(H,16,17);3-8H,1,11H2,2H3;2*1H/t11-;8-;;/m11../s1. The lowest BCUT2D eigenvalue weighted by Crippen LogP contribution is -2.34. The molecule has 0 aromatic heterocycles. The van der Waals surface area contributed by atoms with Gasteiger partial charge < -0.3 is 15.8 Å². The molecule has 1 amide bonds. The molecule has 31 heavy (non-hydrogen) atoms. The van der Waals surface area contributed by atoms with Crippen molar-refractivity contribution in [3.8, 4) is 0 Å². The van der Waals surface area contributed by atoms with Gasteiger partial charge in [-0.15, -0.1) is 24.8 Å². The molecule has 0 spiro atoms. The van der Waals surface area contributed by atoms with Gasteiger partial charge in [-0.1, -0.05) is 67.8 Å². The van der Waals surface area contributed by atoms with Crippen molar-refractivity contribution in [2.24, 2.45) is 5.73 Å². The first kappa shape index (κ1) is 30.9. The number of halogens is 2. The maximum absolute atomic E-state index is 11.6. The maximum atomic E-state index is 11.6. The maximum Gasteiger partial charge on any atom is 0.408 e. The molecule has 3 N–H and O–H groups in total. The summed E-state index contributed by atoms with van der Waals surface area (Å²) in [6, 6.07) is 16.0. The molecular formula is C25H36Cl2N2O2. The lowest BCUT2D eigenvalue weighted by molar-refractivity contribution is 0.0508. The van der Waals surface area contributed by atoms with E-state index in [1.165, 1.54) is 0 Å². The summed E-state index contributed by atoms with van der Waals surface area (Å²) in [4.78, 5) is 11.6. The van der Waals surface area contributed by atoms with Gasteiger partial charge in [-0.3, -0.25) is 0 Å². The highest BCUT2D eigenvalue weighted by atomic mass is 35.5. The van der Waals surface area contributed by atoms with Crippen molar-refractivity contribution in [2.45, 2.75) is 52.3 Å². The van der Waals surface area contributed by atoms with Crippen LogP contribution < -0.4 is 11.1 Å². The van der Waals surface area contributed by atoms with Crippen LogP contribution in [0.4, 0.5) is 4.79 Å². The smallest absolute Gasteiger partial charge is 0.408 e. The lowest BCUT2D eigenvalue weighted by atomic mass is 10.1. The molecule has 172 valence electrons. The molecule has 6 heteroatoms. The first-order valence-electron chi connectivity index (χ1n) is 9.75. The summed E-state index contributed by atoms with van der Waals surface area (Å²) >= 11 is 0. The van der Waals surface area contributed by atoms with Gasteiger partial charge in [0, 0.05) is 6.04 Å². The van der Waals surface area contributed by atoms with E-state index in [4.69, 9.17) is 10.5 Å². The van der Waals surface area contributed by atoms with Crippen molar-refractivity contribution in [2.75, 3.05) is 0 Å². The van der Waals surface area contributed by atoms with E-state index >= 15 is 0 Å². The summed E-state index contributed by atoms with van der Waals surface area (Å²) in [5.41, 5.74) is 9.56. The zero-order valence-corrected chi connectivity index (χ0v) is 20.7. The summed E-state index contributed by atoms with van der Waals surface area (Å²) in [7, 11) is 0. The molecule has 2 aromatic rings. The normalized spacial score (nSPS) is 11.8. The number of carbonyl (C=O) groups is 1. The van der Waals surface area contributed by atoms with Crippen LogP contribution in [0.5, 0.6) is 0 Å².